The normalized spacial score (nSPS) is 14.7. The maximum atomic E-state index is 12.4. The van der Waals surface area contributed by atoms with Crippen LogP contribution in [0.4, 0.5) is 4.79 Å². The van der Waals surface area contributed by atoms with Crippen molar-refractivity contribution in [2.24, 2.45) is 0 Å². The number of aromatic amines is 1. The van der Waals surface area contributed by atoms with E-state index in [2.05, 4.69) is 16.0 Å². The maximum Gasteiger partial charge on any atom is 0.410 e. The maximum absolute atomic E-state index is 12.4. The van der Waals surface area contributed by atoms with Crippen molar-refractivity contribution in [3.63, 3.8) is 0 Å². The van der Waals surface area contributed by atoms with Crippen LogP contribution in [0.15, 0.2) is 66.9 Å². The van der Waals surface area contributed by atoms with E-state index in [9.17, 15) is 4.79 Å². The molecule has 1 N–H and O–H groups in total. The van der Waals surface area contributed by atoms with Crippen LogP contribution in [-0.2, 0) is 11.3 Å². The molecule has 2 aromatic heterocycles. The molecular weight excluding hydrogens is 452 g/mol. The predicted molar refractivity (Wildman–Crippen MR) is 140 cm³/mol. The molecule has 0 atom stereocenters. The summed E-state index contributed by atoms with van der Waals surface area (Å²) in [5, 5.41) is 0. The third-order valence-corrected chi connectivity index (χ3v) is 6.35. The number of likely N-dealkylation sites (tertiary alicyclic amines) is 1. The number of benzene rings is 2. The molecule has 1 aliphatic rings. The molecule has 0 saturated carbocycles. The van der Waals surface area contributed by atoms with Gasteiger partial charge in [0.05, 0.1) is 0 Å². The minimum absolute atomic E-state index is 0.233. The van der Waals surface area contributed by atoms with E-state index in [0.717, 1.165) is 52.3 Å². The number of hydrogen-bond donors (Lipinski definition) is 1. The van der Waals surface area contributed by atoms with Crippen LogP contribution < -0.4 is 4.74 Å². The van der Waals surface area contributed by atoms with E-state index in [0.29, 0.717) is 25.6 Å². The van der Waals surface area contributed by atoms with E-state index in [4.69, 9.17) is 14.5 Å². The molecule has 5 rings (SSSR count). The number of amides is 1. The largest absolute Gasteiger partial charge is 0.489 e. The van der Waals surface area contributed by atoms with Crippen LogP contribution in [0.3, 0.4) is 0 Å². The number of imidazole rings is 1. The van der Waals surface area contributed by atoms with Gasteiger partial charge in [0.15, 0.2) is 5.65 Å². The van der Waals surface area contributed by atoms with E-state index >= 15 is 0 Å². The van der Waals surface area contributed by atoms with Crippen molar-refractivity contribution < 1.29 is 14.3 Å². The number of rotatable bonds is 5. The van der Waals surface area contributed by atoms with Gasteiger partial charge in [-0.2, -0.15) is 0 Å². The van der Waals surface area contributed by atoms with Gasteiger partial charge in [0.1, 0.15) is 29.3 Å². The van der Waals surface area contributed by atoms with Gasteiger partial charge in [-0.05, 0) is 81.0 Å². The van der Waals surface area contributed by atoms with Gasteiger partial charge in [-0.1, -0.05) is 30.3 Å². The number of carbonyl (C=O) groups is 1. The number of fused-ring (bicyclic) bond motifs is 1. The summed E-state index contributed by atoms with van der Waals surface area (Å²) in [7, 11) is 0. The molecule has 0 unspecified atom stereocenters. The van der Waals surface area contributed by atoms with Crippen molar-refractivity contribution in [3.8, 4) is 17.1 Å². The Kier molecular flexibility index (Phi) is 6.63. The van der Waals surface area contributed by atoms with Crippen LogP contribution in [0.5, 0.6) is 5.75 Å². The van der Waals surface area contributed by atoms with Gasteiger partial charge in [0.2, 0.25) is 0 Å². The molecule has 0 radical (unpaired) electrons. The summed E-state index contributed by atoms with van der Waals surface area (Å²) in [6, 6.07) is 20.2. The van der Waals surface area contributed by atoms with Gasteiger partial charge < -0.3 is 19.4 Å². The molecule has 7 heteroatoms. The molecule has 1 amide bonds. The summed E-state index contributed by atoms with van der Waals surface area (Å²) >= 11 is 0. The number of nitrogens with zero attached hydrogens (tertiary/aromatic N) is 3. The first-order valence-electron chi connectivity index (χ1n) is 12.4. The van der Waals surface area contributed by atoms with Crippen LogP contribution in [0, 0.1) is 0 Å². The highest BCUT2D eigenvalue weighted by Crippen LogP contribution is 2.30. The molecule has 7 nitrogen and oxygen atoms in total. The average molecular weight is 485 g/mol. The second-order valence-corrected chi connectivity index (χ2v) is 10.3. The molecule has 1 fully saturated rings. The smallest absolute Gasteiger partial charge is 0.410 e. The molecule has 1 saturated heterocycles. The topological polar surface area (TPSA) is 80.3 Å². The lowest BCUT2D eigenvalue weighted by atomic mass is 9.90. The monoisotopic (exact) mass is 484 g/mol. The van der Waals surface area contributed by atoms with Crippen LogP contribution in [-0.4, -0.2) is 44.6 Å². The van der Waals surface area contributed by atoms with Crippen molar-refractivity contribution in [1.82, 2.24) is 19.9 Å². The van der Waals surface area contributed by atoms with Crippen LogP contribution in [0.2, 0.25) is 0 Å². The summed E-state index contributed by atoms with van der Waals surface area (Å²) in [6.45, 7) is 7.58. The lowest BCUT2D eigenvalue weighted by Gasteiger charge is -2.33. The first kappa shape index (κ1) is 23.9. The van der Waals surface area contributed by atoms with E-state index in [1.165, 1.54) is 0 Å². The Morgan fingerprint density at radius 1 is 1.06 bits per heavy atom. The Labute approximate surface area is 211 Å². The summed E-state index contributed by atoms with van der Waals surface area (Å²) in [6.07, 6.45) is 3.46. The van der Waals surface area contributed by atoms with Crippen LogP contribution in [0.25, 0.3) is 22.6 Å². The number of ether oxygens (including phenoxy) is 2. The van der Waals surface area contributed by atoms with Gasteiger partial charge in [-0.15, -0.1) is 0 Å². The summed E-state index contributed by atoms with van der Waals surface area (Å²) in [5.41, 5.74) is 4.42. The highest BCUT2D eigenvalue weighted by Gasteiger charge is 2.28. The summed E-state index contributed by atoms with van der Waals surface area (Å²) in [5.74, 6) is 1.95. The van der Waals surface area contributed by atoms with Crippen molar-refractivity contribution in [1.29, 1.82) is 0 Å². The number of nitrogens with one attached hydrogen (secondary N) is 1. The fraction of sp³-hybridized carbons (Fsp3) is 0.345. The highest BCUT2D eigenvalue weighted by molar-refractivity contribution is 5.76. The molecule has 0 aliphatic carbocycles. The SMILES string of the molecule is CC(C)(C)OC(=O)N1CCC(c2cnc3[nH]c(-c4ccc(OCc5ccccc5)cc4)nc3c2)CC1. The quantitative estimate of drug-likeness (QED) is 0.359. The number of pyridine rings is 1. The van der Waals surface area contributed by atoms with Crippen molar-refractivity contribution in [2.45, 2.75) is 51.7 Å². The molecular formula is C29H32N4O3. The molecule has 186 valence electrons. The molecule has 1 aliphatic heterocycles. The van der Waals surface area contributed by atoms with Gasteiger partial charge >= 0.3 is 6.09 Å². The second-order valence-electron chi connectivity index (χ2n) is 10.3. The van der Waals surface area contributed by atoms with E-state index < -0.39 is 5.60 Å². The zero-order chi connectivity index (χ0) is 25.1. The zero-order valence-electron chi connectivity index (χ0n) is 21.0. The number of aromatic nitrogens is 3. The highest BCUT2D eigenvalue weighted by atomic mass is 16.6. The Balaban J connectivity index is 1.22. The lowest BCUT2D eigenvalue weighted by Crippen LogP contribution is -2.41. The molecule has 36 heavy (non-hydrogen) atoms. The summed E-state index contributed by atoms with van der Waals surface area (Å²) in [4.78, 5) is 26.9. The third kappa shape index (κ3) is 5.67. The predicted octanol–water partition coefficient (Wildman–Crippen LogP) is 6.32. The minimum atomic E-state index is -0.476. The Morgan fingerprint density at radius 3 is 2.47 bits per heavy atom. The van der Waals surface area contributed by atoms with E-state index in [1.807, 2.05) is 81.6 Å². The second kappa shape index (κ2) is 10.0. The number of carbonyl (C=O) groups excluding carboxylic acids is 1. The minimum Gasteiger partial charge on any atom is -0.489 e. The first-order chi connectivity index (χ1) is 17.3. The fourth-order valence-corrected chi connectivity index (χ4v) is 4.44. The van der Waals surface area contributed by atoms with Crippen molar-refractivity contribution in [2.75, 3.05) is 13.1 Å². The Bertz CT molecular complexity index is 1320. The summed E-state index contributed by atoms with van der Waals surface area (Å²) < 4.78 is 11.4. The van der Waals surface area contributed by atoms with Crippen LogP contribution >= 0.6 is 0 Å². The number of H-pyrrole nitrogens is 1. The first-order valence-corrected chi connectivity index (χ1v) is 12.4. The van der Waals surface area contributed by atoms with Crippen molar-refractivity contribution in [3.05, 3.63) is 78.0 Å². The molecule has 3 heterocycles. The zero-order valence-corrected chi connectivity index (χ0v) is 21.0. The third-order valence-electron chi connectivity index (χ3n) is 6.35. The molecule has 0 bridgehead atoms. The van der Waals surface area contributed by atoms with Gasteiger partial charge in [0.25, 0.3) is 0 Å². The molecule has 0 spiro atoms. The Hall–Kier alpha value is -3.87. The van der Waals surface area contributed by atoms with Crippen molar-refractivity contribution >= 4 is 17.3 Å². The van der Waals surface area contributed by atoms with E-state index in [1.54, 1.807) is 4.90 Å². The Morgan fingerprint density at radius 2 is 1.78 bits per heavy atom. The number of hydrogen-bond acceptors (Lipinski definition) is 5. The molecule has 2 aromatic carbocycles. The van der Waals surface area contributed by atoms with Gasteiger partial charge in [-0.25, -0.2) is 14.8 Å². The van der Waals surface area contributed by atoms with Gasteiger partial charge in [0, 0.05) is 24.8 Å². The standard InChI is InChI=1S/C29H32N4O3/c1-29(2,3)36-28(34)33-15-13-21(14-16-33)23-17-25-27(30-18-23)32-26(31-25)22-9-11-24(12-10-22)35-19-20-7-5-4-6-8-20/h4-12,17-18,21H,13-16,19H2,1-3H3,(H,30,31,32). The molecule has 4 aromatic rings. The van der Waals surface area contributed by atoms with Gasteiger partial charge in [-0.3, -0.25) is 0 Å². The van der Waals surface area contributed by atoms with Crippen LogP contribution in [0.1, 0.15) is 50.7 Å². The van der Waals surface area contributed by atoms with E-state index in [-0.39, 0.29) is 6.09 Å². The average Bonchev–Trinajstić information content (AvgIpc) is 3.31. The number of piperidine rings is 1. The lowest BCUT2D eigenvalue weighted by molar-refractivity contribution is 0.0205. The fourth-order valence-electron chi connectivity index (χ4n) is 4.44.